The van der Waals surface area contributed by atoms with Crippen molar-refractivity contribution in [3.8, 4) is 11.4 Å². The lowest BCUT2D eigenvalue weighted by molar-refractivity contribution is 0.602. The Hall–Kier alpha value is -1.69. The molecule has 5 nitrogen and oxygen atoms in total. The van der Waals surface area contributed by atoms with Crippen LogP contribution >= 0.6 is 0 Å². The number of sulfone groups is 1. The van der Waals surface area contributed by atoms with E-state index in [2.05, 4.69) is 10.1 Å². The van der Waals surface area contributed by atoms with Crippen LogP contribution in [0.1, 0.15) is 0 Å². The first-order chi connectivity index (χ1) is 7.47. The molecule has 0 fully saturated rings. The smallest absolute Gasteiger partial charge is 0.181 e. The topological polar surface area (TPSA) is 64.8 Å². The molecule has 0 saturated heterocycles. The Bertz CT molecular complexity index is 616. The molecule has 0 saturated carbocycles. The third-order valence-corrected chi connectivity index (χ3v) is 3.23. The van der Waals surface area contributed by atoms with Gasteiger partial charge in [-0.2, -0.15) is 5.10 Å². The molecule has 2 rings (SSSR count). The molecule has 0 unspecified atom stereocenters. The second-order valence-electron chi connectivity index (χ2n) is 3.54. The van der Waals surface area contributed by atoms with Gasteiger partial charge in [-0.15, -0.1) is 0 Å². The molecule has 0 aliphatic carbocycles. The van der Waals surface area contributed by atoms with Gasteiger partial charge in [-0.3, -0.25) is 4.68 Å². The van der Waals surface area contributed by atoms with E-state index < -0.39 is 9.84 Å². The van der Waals surface area contributed by atoms with Crippen molar-refractivity contribution in [3.05, 3.63) is 30.6 Å². The molecule has 0 atom stereocenters. The minimum absolute atomic E-state index is 0.275. The lowest BCUT2D eigenvalue weighted by Crippen LogP contribution is -1.97. The predicted octanol–water partition coefficient (Wildman–Crippen LogP) is 0.886. The van der Waals surface area contributed by atoms with Gasteiger partial charge in [-0.1, -0.05) is 12.1 Å². The highest BCUT2D eigenvalue weighted by atomic mass is 32.2. The second kappa shape index (κ2) is 3.71. The van der Waals surface area contributed by atoms with Crippen LogP contribution in [0.4, 0.5) is 0 Å². The van der Waals surface area contributed by atoms with Crippen LogP contribution in [0.5, 0.6) is 0 Å². The molecule has 84 valence electrons. The van der Waals surface area contributed by atoms with Gasteiger partial charge >= 0.3 is 0 Å². The van der Waals surface area contributed by atoms with E-state index in [0.717, 1.165) is 0 Å². The number of aryl methyl sites for hydroxylation is 1. The van der Waals surface area contributed by atoms with Gasteiger partial charge in [0.25, 0.3) is 0 Å². The summed E-state index contributed by atoms with van der Waals surface area (Å²) >= 11 is 0. The summed E-state index contributed by atoms with van der Waals surface area (Å²) in [7, 11) is -1.43. The van der Waals surface area contributed by atoms with Crippen LogP contribution < -0.4 is 0 Å². The lowest BCUT2D eigenvalue weighted by Gasteiger charge is -2.00. The third-order valence-electron chi connectivity index (χ3n) is 2.12. The monoisotopic (exact) mass is 237 g/mol. The van der Waals surface area contributed by atoms with Crippen molar-refractivity contribution >= 4 is 9.84 Å². The van der Waals surface area contributed by atoms with Gasteiger partial charge in [0.2, 0.25) is 0 Å². The second-order valence-corrected chi connectivity index (χ2v) is 5.56. The van der Waals surface area contributed by atoms with Crippen molar-refractivity contribution in [2.75, 3.05) is 6.26 Å². The fourth-order valence-corrected chi connectivity index (χ4v) is 2.00. The number of benzene rings is 1. The van der Waals surface area contributed by atoms with Gasteiger partial charge in [0, 0.05) is 18.9 Å². The van der Waals surface area contributed by atoms with Crippen LogP contribution in [-0.2, 0) is 16.9 Å². The van der Waals surface area contributed by atoms with Crippen LogP contribution in [0, 0.1) is 0 Å². The highest BCUT2D eigenvalue weighted by Crippen LogP contribution is 2.18. The van der Waals surface area contributed by atoms with Crippen LogP contribution in [0.2, 0.25) is 0 Å². The van der Waals surface area contributed by atoms with Crippen LogP contribution in [-0.4, -0.2) is 29.4 Å². The Labute approximate surface area is 93.7 Å². The number of nitrogens with zero attached hydrogens (tertiary/aromatic N) is 3. The summed E-state index contributed by atoms with van der Waals surface area (Å²) in [5.41, 5.74) is 0.698. The SMILES string of the molecule is Cn1cnc(-c2cccc(S(C)(=O)=O)c2)n1. The summed E-state index contributed by atoms with van der Waals surface area (Å²) in [4.78, 5) is 4.34. The highest BCUT2D eigenvalue weighted by molar-refractivity contribution is 7.90. The molecule has 0 bridgehead atoms. The largest absolute Gasteiger partial charge is 0.255 e. The van der Waals surface area contributed by atoms with E-state index in [1.54, 1.807) is 42.3 Å². The molecular weight excluding hydrogens is 226 g/mol. The van der Waals surface area contributed by atoms with Gasteiger partial charge in [0.1, 0.15) is 6.33 Å². The molecule has 2 aromatic rings. The molecule has 0 aliphatic rings. The van der Waals surface area contributed by atoms with Crippen molar-refractivity contribution in [3.63, 3.8) is 0 Å². The maximum atomic E-state index is 11.4. The fraction of sp³-hybridized carbons (Fsp3) is 0.200. The third kappa shape index (κ3) is 2.11. The summed E-state index contributed by atoms with van der Waals surface area (Å²) in [5.74, 6) is 0.521. The Morgan fingerprint density at radius 1 is 1.31 bits per heavy atom. The van der Waals surface area contributed by atoms with Crippen molar-refractivity contribution < 1.29 is 8.42 Å². The molecule has 0 radical (unpaired) electrons. The van der Waals surface area contributed by atoms with Crippen LogP contribution in [0.25, 0.3) is 11.4 Å². The first-order valence-corrected chi connectivity index (χ1v) is 6.52. The van der Waals surface area contributed by atoms with Crippen LogP contribution in [0.3, 0.4) is 0 Å². The van der Waals surface area contributed by atoms with E-state index in [1.807, 2.05) is 0 Å². The summed E-state index contributed by atoms with van der Waals surface area (Å²) in [6.45, 7) is 0. The molecule has 0 amide bonds. The molecule has 0 spiro atoms. The Morgan fingerprint density at radius 2 is 2.06 bits per heavy atom. The fourth-order valence-electron chi connectivity index (χ4n) is 1.34. The van der Waals surface area contributed by atoms with Crippen molar-refractivity contribution in [1.29, 1.82) is 0 Å². The van der Waals surface area contributed by atoms with Crippen molar-refractivity contribution in [2.24, 2.45) is 7.05 Å². The minimum Gasteiger partial charge on any atom is -0.255 e. The zero-order valence-corrected chi connectivity index (χ0v) is 9.77. The Kier molecular flexibility index (Phi) is 2.51. The summed E-state index contributed by atoms with van der Waals surface area (Å²) in [6.07, 6.45) is 2.75. The van der Waals surface area contributed by atoms with E-state index in [9.17, 15) is 8.42 Å². The molecule has 6 heteroatoms. The van der Waals surface area contributed by atoms with Crippen LogP contribution in [0.15, 0.2) is 35.5 Å². The molecule has 16 heavy (non-hydrogen) atoms. The maximum Gasteiger partial charge on any atom is 0.181 e. The molecule has 0 aliphatic heterocycles. The van der Waals surface area contributed by atoms with E-state index in [1.165, 1.54) is 6.26 Å². The standard InChI is InChI=1S/C10H11N3O2S/c1-13-7-11-10(12-13)8-4-3-5-9(6-8)16(2,14)15/h3-7H,1-2H3. The van der Waals surface area contributed by atoms with Gasteiger partial charge in [0.05, 0.1) is 4.90 Å². The van der Waals surface area contributed by atoms with Gasteiger partial charge in [0.15, 0.2) is 15.7 Å². The zero-order chi connectivity index (χ0) is 11.8. The molecule has 1 aromatic heterocycles. The number of hydrogen-bond donors (Lipinski definition) is 0. The summed E-state index contributed by atoms with van der Waals surface area (Å²) in [5, 5.41) is 4.11. The van der Waals surface area contributed by atoms with Crippen molar-refractivity contribution in [1.82, 2.24) is 14.8 Å². The zero-order valence-electron chi connectivity index (χ0n) is 8.95. The highest BCUT2D eigenvalue weighted by Gasteiger charge is 2.09. The summed E-state index contributed by atoms with van der Waals surface area (Å²) in [6, 6.07) is 6.60. The maximum absolute atomic E-state index is 11.4. The Balaban J connectivity index is 2.52. The quantitative estimate of drug-likeness (QED) is 0.778. The number of rotatable bonds is 2. The molecule has 1 heterocycles. The molecule has 1 aromatic carbocycles. The van der Waals surface area contributed by atoms with E-state index in [0.29, 0.717) is 11.4 Å². The average molecular weight is 237 g/mol. The predicted molar refractivity (Wildman–Crippen MR) is 59.5 cm³/mol. The van der Waals surface area contributed by atoms with E-state index in [4.69, 9.17) is 0 Å². The normalized spacial score (nSPS) is 11.6. The number of aromatic nitrogens is 3. The molecule has 0 N–H and O–H groups in total. The van der Waals surface area contributed by atoms with Gasteiger partial charge < -0.3 is 0 Å². The first kappa shape index (κ1) is 10.8. The lowest BCUT2D eigenvalue weighted by atomic mass is 10.2. The van der Waals surface area contributed by atoms with Gasteiger partial charge in [-0.05, 0) is 12.1 Å². The van der Waals surface area contributed by atoms with Crippen molar-refractivity contribution in [2.45, 2.75) is 4.90 Å². The average Bonchev–Trinajstić information content (AvgIpc) is 2.64. The first-order valence-electron chi connectivity index (χ1n) is 4.63. The Morgan fingerprint density at radius 3 is 2.62 bits per heavy atom. The minimum atomic E-state index is -3.19. The summed E-state index contributed by atoms with van der Waals surface area (Å²) < 4.78 is 24.3. The molecular formula is C10H11N3O2S. The van der Waals surface area contributed by atoms with E-state index in [-0.39, 0.29) is 4.90 Å². The number of hydrogen-bond acceptors (Lipinski definition) is 4. The van der Waals surface area contributed by atoms with Gasteiger partial charge in [-0.25, -0.2) is 13.4 Å². The van der Waals surface area contributed by atoms with E-state index >= 15 is 0 Å².